The predicted octanol–water partition coefficient (Wildman–Crippen LogP) is -5.05. The molecule has 1 N–H and O–H groups in total. The summed E-state index contributed by atoms with van der Waals surface area (Å²) in [5.41, 5.74) is 0. The molecule has 0 aliphatic heterocycles. The molecule has 15 heavy (non-hydrogen) atoms. The number of rotatable bonds is 5. The fourth-order valence-electron chi connectivity index (χ4n) is 0.697. The van der Waals surface area contributed by atoms with Gasteiger partial charge in [0.1, 0.15) is 0 Å². The number of aliphatic carboxylic acids is 1. The number of esters is 1. The summed E-state index contributed by atoms with van der Waals surface area (Å²) >= 11 is 0. The first-order chi connectivity index (χ1) is 6.29. The number of hydrogen-bond donors (Lipinski definition) is 1. The van der Waals surface area contributed by atoms with Crippen LogP contribution in [0.25, 0.3) is 0 Å². The number of carbonyl (C=O) groups excluding carboxylic acids is 2. The van der Waals surface area contributed by atoms with Crippen molar-refractivity contribution in [1.82, 2.24) is 0 Å². The van der Waals surface area contributed by atoms with Crippen molar-refractivity contribution in [2.75, 3.05) is 6.61 Å². The zero-order chi connectivity index (χ0) is 11.4. The van der Waals surface area contributed by atoms with Gasteiger partial charge in [-0.25, -0.2) is 0 Å². The van der Waals surface area contributed by atoms with Crippen molar-refractivity contribution in [3.05, 3.63) is 0 Å². The Balaban J connectivity index is 0. The predicted molar refractivity (Wildman–Crippen MR) is 41.6 cm³/mol. The van der Waals surface area contributed by atoms with Gasteiger partial charge in [-0.3, -0.25) is 9.35 Å². The second-order valence-electron chi connectivity index (χ2n) is 2.33. The summed E-state index contributed by atoms with van der Waals surface area (Å²) < 4.78 is 33.9. The van der Waals surface area contributed by atoms with Crippen molar-refractivity contribution in [2.45, 2.75) is 18.6 Å². The number of carboxylic acid groups (broad SMARTS) is 1. The van der Waals surface area contributed by atoms with E-state index in [2.05, 4.69) is 4.74 Å². The number of carbonyl (C=O) groups is 2. The van der Waals surface area contributed by atoms with Gasteiger partial charge in [0.25, 0.3) is 10.1 Å². The molecule has 0 aliphatic rings. The molecule has 0 radical (unpaired) electrons. The Morgan fingerprint density at radius 1 is 1.47 bits per heavy atom. The summed E-state index contributed by atoms with van der Waals surface area (Å²) in [7, 11) is -4.78. The molecule has 9 heteroatoms. The number of carboxylic acids is 1. The van der Waals surface area contributed by atoms with Crippen LogP contribution in [0.4, 0.5) is 0 Å². The molecule has 0 aliphatic carbocycles. The Bertz CT molecular complexity index is 322. The fourth-order valence-corrected chi connectivity index (χ4v) is 1.35. The van der Waals surface area contributed by atoms with Crippen LogP contribution in [0.2, 0.25) is 0 Å². The molecule has 1 unspecified atom stereocenters. The van der Waals surface area contributed by atoms with Gasteiger partial charge < -0.3 is 14.6 Å². The van der Waals surface area contributed by atoms with Gasteiger partial charge in [0, 0.05) is 12.4 Å². The van der Waals surface area contributed by atoms with Gasteiger partial charge in [-0.15, -0.1) is 0 Å². The molecule has 0 fully saturated rings. The number of hydrogen-bond acceptors (Lipinski definition) is 6. The van der Waals surface area contributed by atoms with Crippen LogP contribution in [0.15, 0.2) is 0 Å². The zero-order valence-corrected chi connectivity index (χ0v) is 11.1. The molecule has 0 amide bonds. The zero-order valence-electron chi connectivity index (χ0n) is 8.30. The van der Waals surface area contributed by atoms with Gasteiger partial charge in [0.2, 0.25) is 0 Å². The largest absolute Gasteiger partial charge is 1.00 e. The van der Waals surface area contributed by atoms with Crippen LogP contribution >= 0.6 is 0 Å². The van der Waals surface area contributed by atoms with Gasteiger partial charge in [0.05, 0.1) is 6.61 Å². The topological polar surface area (TPSA) is 121 Å². The van der Waals surface area contributed by atoms with Crippen LogP contribution in [0, 0.1) is 0 Å². The molecule has 0 saturated carbocycles. The Morgan fingerprint density at radius 3 is 2.20 bits per heavy atom. The third-order valence-corrected chi connectivity index (χ3v) is 2.34. The van der Waals surface area contributed by atoms with E-state index in [0.717, 1.165) is 0 Å². The molecular formula is C6H9NaO7S. The summed E-state index contributed by atoms with van der Waals surface area (Å²) in [4.78, 5) is 20.9. The first-order valence-electron chi connectivity index (χ1n) is 3.61. The monoisotopic (exact) mass is 248 g/mol. The van der Waals surface area contributed by atoms with Crippen molar-refractivity contribution in [1.29, 1.82) is 0 Å². The van der Waals surface area contributed by atoms with E-state index in [1.54, 1.807) is 0 Å². The quantitative estimate of drug-likeness (QED) is 0.293. The second-order valence-corrected chi connectivity index (χ2v) is 3.93. The molecule has 1 atom stereocenters. The van der Waals surface area contributed by atoms with Crippen LogP contribution in [0.3, 0.4) is 0 Å². The maximum atomic E-state index is 10.9. The van der Waals surface area contributed by atoms with Crippen LogP contribution in [0.5, 0.6) is 0 Å². The molecule has 7 nitrogen and oxygen atoms in total. The van der Waals surface area contributed by atoms with Gasteiger partial charge in [-0.1, -0.05) is 0 Å². The van der Waals surface area contributed by atoms with E-state index < -0.39 is 33.7 Å². The van der Waals surface area contributed by atoms with Crippen molar-refractivity contribution < 1.29 is 62.0 Å². The van der Waals surface area contributed by atoms with Gasteiger partial charge in [-0.2, -0.15) is 8.42 Å². The first-order valence-corrected chi connectivity index (χ1v) is 5.12. The Hall–Kier alpha value is -0.150. The van der Waals surface area contributed by atoms with E-state index >= 15 is 0 Å². The SMILES string of the molecule is CCOC(=O)C(CC(=O)[O-])S(=O)(=O)O.[Na+]. The molecule has 0 rings (SSSR count). The van der Waals surface area contributed by atoms with Crippen molar-refractivity contribution in [3.63, 3.8) is 0 Å². The van der Waals surface area contributed by atoms with Crippen LogP contribution in [-0.2, 0) is 24.4 Å². The molecule has 0 aromatic heterocycles. The van der Waals surface area contributed by atoms with E-state index in [9.17, 15) is 23.1 Å². The van der Waals surface area contributed by atoms with Crippen LogP contribution in [0.1, 0.15) is 13.3 Å². The number of ether oxygens (including phenoxy) is 1. The van der Waals surface area contributed by atoms with Crippen LogP contribution < -0.4 is 34.7 Å². The van der Waals surface area contributed by atoms with E-state index in [1.807, 2.05) is 0 Å². The average molecular weight is 248 g/mol. The summed E-state index contributed by atoms with van der Waals surface area (Å²) in [6, 6.07) is 0. The standard InChI is InChI=1S/C6H10O7S.Na/c1-2-13-6(9)4(3-5(7)8)14(10,11)12;/h4H,2-3H2,1H3,(H,7,8)(H,10,11,12);/q;+1/p-1. The third-order valence-electron chi connectivity index (χ3n) is 1.26. The van der Waals surface area contributed by atoms with Gasteiger partial charge in [-0.05, 0) is 6.92 Å². The maximum Gasteiger partial charge on any atom is 1.00 e. The second kappa shape index (κ2) is 7.18. The normalized spacial score (nSPS) is 12.4. The molecule has 82 valence electrons. The fraction of sp³-hybridized carbons (Fsp3) is 0.667. The Labute approximate surface area is 109 Å². The summed E-state index contributed by atoms with van der Waals surface area (Å²) in [5.74, 6) is -3.07. The van der Waals surface area contributed by atoms with Crippen LogP contribution in [-0.4, -0.2) is 36.8 Å². The van der Waals surface area contributed by atoms with Crippen molar-refractivity contribution >= 4 is 22.1 Å². The third kappa shape index (κ3) is 6.85. The minimum absolute atomic E-state index is 0. The minimum Gasteiger partial charge on any atom is -0.550 e. The smallest absolute Gasteiger partial charge is 0.550 e. The average Bonchev–Trinajstić information content (AvgIpc) is 1.98. The summed E-state index contributed by atoms with van der Waals surface area (Å²) in [5, 5.41) is 7.95. The van der Waals surface area contributed by atoms with Gasteiger partial charge >= 0.3 is 35.5 Å². The minimum atomic E-state index is -4.78. The van der Waals surface area contributed by atoms with E-state index in [1.165, 1.54) is 6.92 Å². The van der Waals surface area contributed by atoms with Crippen molar-refractivity contribution in [3.8, 4) is 0 Å². The molecule has 0 bridgehead atoms. The molecule has 0 saturated heterocycles. The van der Waals surface area contributed by atoms with Gasteiger partial charge in [0.15, 0.2) is 5.25 Å². The summed E-state index contributed by atoms with van der Waals surface area (Å²) in [6.45, 7) is 1.30. The molecule has 0 aromatic carbocycles. The van der Waals surface area contributed by atoms with Crippen molar-refractivity contribution in [2.24, 2.45) is 0 Å². The molecule has 0 aromatic rings. The molecule has 0 heterocycles. The maximum absolute atomic E-state index is 10.9. The molecule has 0 spiro atoms. The van der Waals surface area contributed by atoms with E-state index in [0.29, 0.717) is 0 Å². The van der Waals surface area contributed by atoms with E-state index in [4.69, 9.17) is 4.55 Å². The Morgan fingerprint density at radius 2 is 1.93 bits per heavy atom. The first kappa shape index (κ1) is 17.3. The summed E-state index contributed by atoms with van der Waals surface area (Å²) in [6.07, 6.45) is -1.13. The van der Waals surface area contributed by atoms with E-state index in [-0.39, 0.29) is 36.2 Å². The molecular weight excluding hydrogens is 239 g/mol. The Kier molecular flexibility index (Phi) is 8.25.